The van der Waals surface area contributed by atoms with Crippen LogP contribution in [0.15, 0.2) is 67.0 Å². The van der Waals surface area contributed by atoms with Crippen LogP contribution in [0.1, 0.15) is 41.3 Å². The number of hydrogen-bond acceptors (Lipinski definition) is 3. The van der Waals surface area contributed by atoms with Crippen molar-refractivity contribution in [3.8, 4) is 0 Å². The highest BCUT2D eigenvalue weighted by Gasteiger charge is 2.12. The Morgan fingerprint density at radius 2 is 1.77 bits per heavy atom. The molecule has 0 aliphatic carbocycles. The second-order valence-electron chi connectivity index (χ2n) is 6.65. The molecule has 0 saturated carbocycles. The van der Waals surface area contributed by atoms with Gasteiger partial charge in [0.05, 0.1) is 17.4 Å². The van der Waals surface area contributed by atoms with Crippen molar-refractivity contribution in [2.24, 2.45) is 0 Å². The van der Waals surface area contributed by atoms with Crippen LogP contribution in [0.2, 0.25) is 0 Å². The molecule has 1 aromatic heterocycles. The van der Waals surface area contributed by atoms with Crippen molar-refractivity contribution in [1.82, 2.24) is 4.98 Å². The van der Waals surface area contributed by atoms with Crippen LogP contribution in [0.3, 0.4) is 0 Å². The van der Waals surface area contributed by atoms with Crippen LogP contribution in [0.25, 0.3) is 0 Å². The van der Waals surface area contributed by atoms with Crippen LogP contribution in [0.4, 0.5) is 17.1 Å². The highest BCUT2D eigenvalue weighted by atomic mass is 16.1. The number of benzene rings is 2. The summed E-state index contributed by atoms with van der Waals surface area (Å²) in [4.78, 5) is 16.9. The molecule has 0 spiro atoms. The molecule has 2 N–H and O–H groups in total. The second kappa shape index (κ2) is 7.83. The lowest BCUT2D eigenvalue weighted by molar-refractivity contribution is 0.102. The van der Waals surface area contributed by atoms with Gasteiger partial charge in [0.1, 0.15) is 0 Å². The van der Waals surface area contributed by atoms with Crippen molar-refractivity contribution in [3.05, 3.63) is 83.7 Å². The third kappa shape index (κ3) is 4.28. The van der Waals surface area contributed by atoms with E-state index in [-0.39, 0.29) is 5.91 Å². The summed E-state index contributed by atoms with van der Waals surface area (Å²) in [6, 6.07) is 17.7. The smallest absolute Gasteiger partial charge is 0.257 e. The summed E-state index contributed by atoms with van der Waals surface area (Å²) in [5.41, 5.74) is 5.38. The topological polar surface area (TPSA) is 54.0 Å². The molecule has 0 bridgehead atoms. The summed E-state index contributed by atoms with van der Waals surface area (Å²) < 4.78 is 0. The van der Waals surface area contributed by atoms with Gasteiger partial charge in [0.2, 0.25) is 0 Å². The number of para-hydroxylation sites is 1. The van der Waals surface area contributed by atoms with Crippen LogP contribution in [0, 0.1) is 6.92 Å². The molecule has 4 heteroatoms. The van der Waals surface area contributed by atoms with Crippen molar-refractivity contribution >= 4 is 23.0 Å². The van der Waals surface area contributed by atoms with E-state index in [1.165, 1.54) is 5.56 Å². The fraction of sp³-hybridized carbons (Fsp3) is 0.182. The van der Waals surface area contributed by atoms with E-state index in [4.69, 9.17) is 0 Å². The monoisotopic (exact) mass is 345 g/mol. The number of carbonyl (C=O) groups excluding carboxylic acids is 1. The van der Waals surface area contributed by atoms with Gasteiger partial charge in [-0.1, -0.05) is 44.2 Å². The first kappa shape index (κ1) is 17.7. The Morgan fingerprint density at radius 1 is 0.962 bits per heavy atom. The second-order valence-corrected chi connectivity index (χ2v) is 6.65. The summed E-state index contributed by atoms with van der Waals surface area (Å²) in [7, 11) is 0. The third-order valence-electron chi connectivity index (χ3n) is 4.14. The Bertz CT molecular complexity index is 919. The van der Waals surface area contributed by atoms with Crippen LogP contribution in [-0.2, 0) is 0 Å². The van der Waals surface area contributed by atoms with Gasteiger partial charge in [0.15, 0.2) is 0 Å². The number of aromatic nitrogens is 1. The zero-order valence-electron chi connectivity index (χ0n) is 15.3. The number of carbonyl (C=O) groups is 1. The molecule has 1 amide bonds. The molecule has 132 valence electrons. The van der Waals surface area contributed by atoms with Gasteiger partial charge in [-0.15, -0.1) is 0 Å². The van der Waals surface area contributed by atoms with E-state index in [2.05, 4.69) is 29.5 Å². The summed E-state index contributed by atoms with van der Waals surface area (Å²) >= 11 is 0. The van der Waals surface area contributed by atoms with Gasteiger partial charge in [-0.05, 0) is 48.2 Å². The molecular weight excluding hydrogens is 322 g/mol. The first-order chi connectivity index (χ1) is 12.5. The fourth-order valence-electron chi connectivity index (χ4n) is 2.83. The Labute approximate surface area is 154 Å². The highest BCUT2D eigenvalue weighted by Crippen LogP contribution is 2.24. The number of aryl methyl sites for hydroxylation is 1. The minimum atomic E-state index is -0.168. The Kier molecular flexibility index (Phi) is 5.32. The molecule has 0 aliphatic heterocycles. The predicted molar refractivity (Wildman–Crippen MR) is 107 cm³/mol. The standard InChI is InChI=1S/C22H23N3O/c1-15(2)20-9-4-5-10-21(20)25-22(26)17-12-19(14-23-13-17)24-18-8-6-7-16(3)11-18/h4-15,24H,1-3H3,(H,25,26). The molecule has 0 atom stereocenters. The van der Waals surface area contributed by atoms with E-state index >= 15 is 0 Å². The highest BCUT2D eigenvalue weighted by molar-refractivity contribution is 6.05. The molecule has 1 heterocycles. The number of nitrogens with zero attached hydrogens (tertiary/aromatic N) is 1. The number of nitrogens with one attached hydrogen (secondary N) is 2. The third-order valence-corrected chi connectivity index (χ3v) is 4.14. The molecule has 3 aromatic rings. The summed E-state index contributed by atoms with van der Waals surface area (Å²) in [6.45, 7) is 6.26. The molecule has 0 unspecified atom stereocenters. The van der Waals surface area contributed by atoms with Gasteiger partial charge in [-0.25, -0.2) is 0 Å². The van der Waals surface area contributed by atoms with Gasteiger partial charge in [-0.3, -0.25) is 9.78 Å². The van der Waals surface area contributed by atoms with Gasteiger partial charge < -0.3 is 10.6 Å². The van der Waals surface area contributed by atoms with E-state index in [0.29, 0.717) is 11.5 Å². The molecule has 3 rings (SSSR count). The van der Waals surface area contributed by atoms with Crippen molar-refractivity contribution in [1.29, 1.82) is 0 Å². The van der Waals surface area contributed by atoms with Crippen molar-refractivity contribution in [2.75, 3.05) is 10.6 Å². The molecule has 2 aromatic carbocycles. The molecule has 26 heavy (non-hydrogen) atoms. The van der Waals surface area contributed by atoms with Gasteiger partial charge in [0, 0.05) is 17.6 Å². The van der Waals surface area contributed by atoms with Gasteiger partial charge in [0.25, 0.3) is 5.91 Å². The maximum absolute atomic E-state index is 12.7. The summed E-state index contributed by atoms with van der Waals surface area (Å²) in [6.07, 6.45) is 3.29. The normalized spacial score (nSPS) is 10.6. The average Bonchev–Trinajstić information content (AvgIpc) is 2.62. The van der Waals surface area contributed by atoms with Crippen LogP contribution in [0.5, 0.6) is 0 Å². The fourth-order valence-corrected chi connectivity index (χ4v) is 2.83. The Balaban J connectivity index is 1.79. The SMILES string of the molecule is Cc1cccc(Nc2cncc(C(=O)Nc3ccccc3C(C)C)c2)c1. The maximum atomic E-state index is 12.7. The van der Waals surface area contributed by atoms with Crippen molar-refractivity contribution < 1.29 is 4.79 Å². The van der Waals surface area contributed by atoms with E-state index in [0.717, 1.165) is 22.6 Å². The van der Waals surface area contributed by atoms with E-state index in [1.807, 2.05) is 61.5 Å². The van der Waals surface area contributed by atoms with Gasteiger partial charge in [-0.2, -0.15) is 0 Å². The van der Waals surface area contributed by atoms with Crippen molar-refractivity contribution in [3.63, 3.8) is 0 Å². The first-order valence-electron chi connectivity index (χ1n) is 8.72. The lowest BCUT2D eigenvalue weighted by Crippen LogP contribution is -2.14. The zero-order valence-corrected chi connectivity index (χ0v) is 15.3. The minimum absolute atomic E-state index is 0.168. The minimum Gasteiger partial charge on any atom is -0.354 e. The van der Waals surface area contributed by atoms with E-state index in [1.54, 1.807) is 12.4 Å². The predicted octanol–water partition coefficient (Wildman–Crippen LogP) is 5.51. The lowest BCUT2D eigenvalue weighted by Gasteiger charge is -2.14. The molecule has 0 saturated heterocycles. The molecule has 4 nitrogen and oxygen atoms in total. The maximum Gasteiger partial charge on any atom is 0.257 e. The van der Waals surface area contributed by atoms with Crippen molar-refractivity contribution in [2.45, 2.75) is 26.7 Å². The summed E-state index contributed by atoms with van der Waals surface area (Å²) in [5, 5.41) is 6.29. The number of pyridine rings is 1. The van der Waals surface area contributed by atoms with Crippen LogP contribution >= 0.6 is 0 Å². The average molecular weight is 345 g/mol. The Hall–Kier alpha value is -3.14. The quantitative estimate of drug-likeness (QED) is 0.641. The lowest BCUT2D eigenvalue weighted by atomic mass is 10.0. The number of amides is 1. The van der Waals surface area contributed by atoms with Crippen LogP contribution < -0.4 is 10.6 Å². The van der Waals surface area contributed by atoms with E-state index in [9.17, 15) is 4.79 Å². The zero-order chi connectivity index (χ0) is 18.5. The number of hydrogen-bond donors (Lipinski definition) is 2. The Morgan fingerprint density at radius 3 is 2.54 bits per heavy atom. The largest absolute Gasteiger partial charge is 0.354 e. The first-order valence-corrected chi connectivity index (χ1v) is 8.72. The summed E-state index contributed by atoms with van der Waals surface area (Å²) in [5.74, 6) is 0.164. The van der Waals surface area contributed by atoms with Crippen LogP contribution in [-0.4, -0.2) is 10.9 Å². The molecule has 0 fully saturated rings. The van der Waals surface area contributed by atoms with Gasteiger partial charge >= 0.3 is 0 Å². The molecular formula is C22H23N3O. The van der Waals surface area contributed by atoms with E-state index < -0.39 is 0 Å². The number of anilines is 3. The molecule has 0 aliphatic rings. The number of rotatable bonds is 5. The molecule has 0 radical (unpaired) electrons.